The molecule has 1 saturated carbocycles. The fourth-order valence-corrected chi connectivity index (χ4v) is 3.21. The summed E-state index contributed by atoms with van der Waals surface area (Å²) in [6.45, 7) is 4.22. The van der Waals surface area contributed by atoms with Crippen LogP contribution in [0.25, 0.3) is 0 Å². The number of hydrogen-bond donors (Lipinski definition) is 2. The topological polar surface area (TPSA) is 24.1 Å². The van der Waals surface area contributed by atoms with Gasteiger partial charge < -0.3 is 10.6 Å². The minimum atomic E-state index is 0.193. The first-order valence-electron chi connectivity index (χ1n) is 6.90. The predicted molar refractivity (Wildman–Crippen MR) is 87.0 cm³/mol. The second-order valence-corrected chi connectivity index (χ2v) is 6.20. The van der Waals surface area contributed by atoms with Crippen LogP contribution < -0.4 is 10.6 Å². The minimum Gasteiger partial charge on any atom is -0.357 e. The quantitative estimate of drug-likeness (QED) is 0.794. The fourth-order valence-electron chi connectivity index (χ4n) is 2.69. The molecule has 1 aromatic carbocycles. The van der Waals surface area contributed by atoms with E-state index in [0.29, 0.717) is 5.11 Å². The number of benzene rings is 1. The smallest absolute Gasteiger partial charge is 0.171 e. The van der Waals surface area contributed by atoms with Crippen LogP contribution in [0.15, 0.2) is 18.2 Å². The molecule has 0 amide bonds. The van der Waals surface area contributed by atoms with E-state index in [4.69, 9.17) is 23.8 Å². The van der Waals surface area contributed by atoms with Crippen molar-refractivity contribution in [3.8, 4) is 0 Å². The van der Waals surface area contributed by atoms with Gasteiger partial charge in [-0.2, -0.15) is 0 Å². The van der Waals surface area contributed by atoms with Gasteiger partial charge in [-0.15, -0.1) is 0 Å². The first-order valence-corrected chi connectivity index (χ1v) is 7.69. The van der Waals surface area contributed by atoms with Crippen molar-refractivity contribution in [2.45, 2.75) is 51.5 Å². The monoisotopic (exact) mass is 296 g/mol. The lowest BCUT2D eigenvalue weighted by atomic mass is 9.95. The van der Waals surface area contributed by atoms with Crippen molar-refractivity contribution < 1.29 is 0 Å². The van der Waals surface area contributed by atoms with Gasteiger partial charge in [0.05, 0.1) is 0 Å². The van der Waals surface area contributed by atoms with Gasteiger partial charge in [-0.05, 0) is 56.1 Å². The van der Waals surface area contributed by atoms with Crippen LogP contribution in [0.2, 0.25) is 5.02 Å². The third-order valence-electron chi connectivity index (χ3n) is 4.05. The predicted octanol–water partition coefficient (Wildman–Crippen LogP) is 4.66. The van der Waals surface area contributed by atoms with E-state index in [-0.39, 0.29) is 5.54 Å². The van der Waals surface area contributed by atoms with Crippen LogP contribution in [0.4, 0.5) is 5.69 Å². The van der Waals surface area contributed by atoms with Gasteiger partial charge in [0, 0.05) is 16.2 Å². The molecule has 19 heavy (non-hydrogen) atoms. The number of hydrogen-bond acceptors (Lipinski definition) is 1. The molecule has 0 aromatic heterocycles. The molecule has 2 N–H and O–H groups in total. The van der Waals surface area contributed by atoms with E-state index >= 15 is 0 Å². The zero-order chi connectivity index (χ0) is 13.9. The maximum atomic E-state index is 6.12. The Morgan fingerprint density at radius 3 is 2.63 bits per heavy atom. The lowest BCUT2D eigenvalue weighted by Crippen LogP contribution is -2.47. The van der Waals surface area contributed by atoms with E-state index in [9.17, 15) is 0 Å². The van der Waals surface area contributed by atoms with Gasteiger partial charge in [0.2, 0.25) is 0 Å². The average molecular weight is 297 g/mol. The van der Waals surface area contributed by atoms with E-state index in [1.54, 1.807) is 0 Å². The molecule has 0 bridgehead atoms. The summed E-state index contributed by atoms with van der Waals surface area (Å²) in [5.41, 5.74) is 2.21. The molecule has 104 valence electrons. The standard InChI is InChI=1S/C15H21ClN2S/c1-3-15(8-4-5-9-15)18-14(19)17-12-7-6-11(2)13(16)10-12/h6-7,10H,3-5,8-9H2,1-2H3,(H2,17,18,19). The van der Waals surface area contributed by atoms with Crippen LogP contribution in [0.3, 0.4) is 0 Å². The Labute approximate surface area is 125 Å². The number of anilines is 1. The highest BCUT2D eigenvalue weighted by molar-refractivity contribution is 7.80. The summed E-state index contributed by atoms with van der Waals surface area (Å²) < 4.78 is 0. The summed E-state index contributed by atoms with van der Waals surface area (Å²) in [5, 5.41) is 8.19. The summed E-state index contributed by atoms with van der Waals surface area (Å²) in [5.74, 6) is 0. The normalized spacial score (nSPS) is 17.2. The Kier molecular flexibility index (Phi) is 4.69. The Balaban J connectivity index is 1.99. The first kappa shape index (κ1) is 14.6. The van der Waals surface area contributed by atoms with Crippen LogP contribution in [-0.4, -0.2) is 10.7 Å². The lowest BCUT2D eigenvalue weighted by Gasteiger charge is -2.30. The number of nitrogens with one attached hydrogen (secondary N) is 2. The van der Waals surface area contributed by atoms with Crippen LogP contribution in [-0.2, 0) is 0 Å². The van der Waals surface area contributed by atoms with Crippen molar-refractivity contribution in [2.24, 2.45) is 0 Å². The summed E-state index contributed by atoms with van der Waals surface area (Å²) in [6.07, 6.45) is 6.11. The molecular weight excluding hydrogens is 276 g/mol. The van der Waals surface area contributed by atoms with Crippen molar-refractivity contribution >= 4 is 34.6 Å². The zero-order valence-corrected chi connectivity index (χ0v) is 13.1. The van der Waals surface area contributed by atoms with Crippen LogP contribution in [0.5, 0.6) is 0 Å². The van der Waals surface area contributed by atoms with E-state index in [2.05, 4.69) is 17.6 Å². The molecule has 0 unspecified atom stereocenters. The van der Waals surface area contributed by atoms with Crippen molar-refractivity contribution in [1.82, 2.24) is 5.32 Å². The van der Waals surface area contributed by atoms with Gasteiger partial charge in [-0.3, -0.25) is 0 Å². The first-order chi connectivity index (χ1) is 9.04. The molecule has 0 spiro atoms. The third-order valence-corrected chi connectivity index (χ3v) is 4.66. The highest BCUT2D eigenvalue weighted by Gasteiger charge is 2.32. The maximum Gasteiger partial charge on any atom is 0.171 e. The second-order valence-electron chi connectivity index (χ2n) is 5.38. The van der Waals surface area contributed by atoms with Crippen molar-refractivity contribution in [3.63, 3.8) is 0 Å². The molecule has 1 aromatic rings. The van der Waals surface area contributed by atoms with Crippen molar-refractivity contribution in [1.29, 1.82) is 0 Å². The average Bonchev–Trinajstić information content (AvgIpc) is 2.83. The minimum absolute atomic E-state index is 0.193. The summed E-state index contributed by atoms with van der Waals surface area (Å²) in [7, 11) is 0. The highest BCUT2D eigenvalue weighted by atomic mass is 35.5. The molecule has 1 aliphatic carbocycles. The largest absolute Gasteiger partial charge is 0.357 e. The van der Waals surface area contributed by atoms with Crippen LogP contribution >= 0.6 is 23.8 Å². The maximum absolute atomic E-state index is 6.12. The van der Waals surface area contributed by atoms with Gasteiger partial charge >= 0.3 is 0 Å². The molecule has 2 rings (SSSR count). The van der Waals surface area contributed by atoms with Gasteiger partial charge in [0.1, 0.15) is 0 Å². The molecule has 1 fully saturated rings. The Morgan fingerprint density at radius 2 is 2.05 bits per heavy atom. The second kappa shape index (κ2) is 6.10. The molecule has 0 saturated heterocycles. The number of halogens is 1. The zero-order valence-electron chi connectivity index (χ0n) is 11.6. The summed E-state index contributed by atoms with van der Waals surface area (Å²) >= 11 is 11.5. The van der Waals surface area contributed by atoms with E-state index in [0.717, 1.165) is 22.7 Å². The molecule has 0 radical (unpaired) electrons. The Hall–Kier alpha value is -0.800. The molecule has 1 aliphatic rings. The van der Waals surface area contributed by atoms with Gasteiger partial charge in [-0.25, -0.2) is 0 Å². The van der Waals surface area contributed by atoms with Crippen LogP contribution in [0, 0.1) is 6.92 Å². The lowest BCUT2D eigenvalue weighted by molar-refractivity contribution is 0.378. The molecule has 0 aliphatic heterocycles. The van der Waals surface area contributed by atoms with Gasteiger partial charge in [0.25, 0.3) is 0 Å². The SMILES string of the molecule is CCC1(NC(=S)Nc2ccc(C)c(Cl)c2)CCCC1. The summed E-state index contributed by atoms with van der Waals surface area (Å²) in [6, 6.07) is 5.92. The number of aryl methyl sites for hydroxylation is 1. The molecule has 4 heteroatoms. The fraction of sp³-hybridized carbons (Fsp3) is 0.533. The number of rotatable bonds is 3. The molecule has 2 nitrogen and oxygen atoms in total. The Morgan fingerprint density at radius 1 is 1.37 bits per heavy atom. The van der Waals surface area contributed by atoms with Crippen LogP contribution in [0.1, 0.15) is 44.6 Å². The molecule has 0 heterocycles. The number of thiocarbonyl (C=S) groups is 1. The van der Waals surface area contributed by atoms with Gasteiger partial charge in [-0.1, -0.05) is 37.4 Å². The highest BCUT2D eigenvalue weighted by Crippen LogP contribution is 2.32. The molecular formula is C15H21ClN2S. The van der Waals surface area contributed by atoms with E-state index in [1.807, 2.05) is 25.1 Å². The van der Waals surface area contributed by atoms with E-state index in [1.165, 1.54) is 25.7 Å². The Bertz CT molecular complexity index is 467. The summed E-state index contributed by atoms with van der Waals surface area (Å²) in [4.78, 5) is 0. The third kappa shape index (κ3) is 3.61. The van der Waals surface area contributed by atoms with Crippen molar-refractivity contribution in [3.05, 3.63) is 28.8 Å². The molecule has 0 atom stereocenters. The van der Waals surface area contributed by atoms with Gasteiger partial charge in [0.15, 0.2) is 5.11 Å². The van der Waals surface area contributed by atoms with E-state index < -0.39 is 0 Å². The van der Waals surface area contributed by atoms with Crippen molar-refractivity contribution in [2.75, 3.05) is 5.32 Å².